The second-order valence-corrected chi connectivity index (χ2v) is 8.62. The molecule has 0 spiro atoms. The minimum atomic E-state index is -0.500. The van der Waals surface area contributed by atoms with Crippen molar-refractivity contribution in [1.82, 2.24) is 5.32 Å². The third-order valence-electron chi connectivity index (χ3n) is 5.70. The van der Waals surface area contributed by atoms with Crippen LogP contribution in [0.4, 0.5) is 10.5 Å². The Morgan fingerprint density at radius 3 is 2.54 bits per heavy atom. The van der Waals surface area contributed by atoms with Gasteiger partial charge in [-0.05, 0) is 47.7 Å². The molecule has 7 heteroatoms. The molecule has 0 fully saturated rings. The van der Waals surface area contributed by atoms with Crippen LogP contribution in [0.25, 0.3) is 11.1 Å². The molecule has 1 aliphatic heterocycles. The summed E-state index contributed by atoms with van der Waals surface area (Å²) < 4.78 is 16.8. The predicted octanol–water partition coefficient (Wildman–Crippen LogP) is 5.62. The standard InChI is InChI=1S/C28H30N2O5/c1-4-29-28(32)34-17-22-16-33-25-14-13-21(15-26(25)35-22)30-27(31)24-8-6-5-7-23(24)20-11-9-19(10-12-20)18(2)3/h5-15,18,22H,4,16-17H2,1-3H3,(H,29,32)(H,30,31). The second kappa shape index (κ2) is 11.0. The van der Waals surface area contributed by atoms with Crippen molar-refractivity contribution >= 4 is 17.7 Å². The zero-order valence-electron chi connectivity index (χ0n) is 20.2. The number of amides is 2. The van der Waals surface area contributed by atoms with Crippen LogP contribution in [0.15, 0.2) is 66.7 Å². The quantitative estimate of drug-likeness (QED) is 0.465. The van der Waals surface area contributed by atoms with Crippen molar-refractivity contribution in [1.29, 1.82) is 0 Å². The first-order chi connectivity index (χ1) is 16.9. The van der Waals surface area contributed by atoms with Gasteiger partial charge in [-0.2, -0.15) is 0 Å². The molecular formula is C28H30N2O5. The molecule has 4 rings (SSSR count). The highest BCUT2D eigenvalue weighted by Gasteiger charge is 2.23. The predicted molar refractivity (Wildman–Crippen MR) is 135 cm³/mol. The third-order valence-corrected chi connectivity index (χ3v) is 5.70. The lowest BCUT2D eigenvalue weighted by atomic mass is 9.95. The molecule has 182 valence electrons. The molecule has 1 heterocycles. The zero-order valence-corrected chi connectivity index (χ0v) is 20.2. The smallest absolute Gasteiger partial charge is 0.407 e. The summed E-state index contributed by atoms with van der Waals surface area (Å²) >= 11 is 0. The first kappa shape index (κ1) is 24.1. The van der Waals surface area contributed by atoms with Crippen LogP contribution < -0.4 is 20.1 Å². The van der Waals surface area contributed by atoms with Gasteiger partial charge in [0.1, 0.15) is 13.2 Å². The Labute approximate surface area is 205 Å². The molecule has 0 aromatic heterocycles. The van der Waals surface area contributed by atoms with E-state index >= 15 is 0 Å². The van der Waals surface area contributed by atoms with Crippen molar-refractivity contribution in [3.05, 3.63) is 77.9 Å². The number of hydrogen-bond acceptors (Lipinski definition) is 5. The first-order valence-electron chi connectivity index (χ1n) is 11.8. The van der Waals surface area contributed by atoms with E-state index in [1.807, 2.05) is 31.2 Å². The van der Waals surface area contributed by atoms with E-state index in [1.54, 1.807) is 18.2 Å². The average molecular weight is 475 g/mol. The Morgan fingerprint density at radius 2 is 1.80 bits per heavy atom. The largest absolute Gasteiger partial charge is 0.486 e. The number of benzene rings is 3. The first-order valence-corrected chi connectivity index (χ1v) is 11.8. The number of carbonyl (C=O) groups excluding carboxylic acids is 2. The van der Waals surface area contributed by atoms with Gasteiger partial charge in [-0.1, -0.05) is 56.3 Å². The maximum Gasteiger partial charge on any atom is 0.407 e. The van der Waals surface area contributed by atoms with Crippen LogP contribution in [0.5, 0.6) is 11.5 Å². The average Bonchev–Trinajstić information content (AvgIpc) is 2.87. The van der Waals surface area contributed by atoms with Gasteiger partial charge in [-0.25, -0.2) is 4.79 Å². The lowest BCUT2D eigenvalue weighted by Gasteiger charge is -2.26. The van der Waals surface area contributed by atoms with Crippen LogP contribution in [-0.2, 0) is 4.74 Å². The van der Waals surface area contributed by atoms with E-state index in [2.05, 4.69) is 48.7 Å². The van der Waals surface area contributed by atoms with Crippen molar-refractivity contribution < 1.29 is 23.8 Å². The molecule has 0 aliphatic carbocycles. The van der Waals surface area contributed by atoms with Crippen molar-refractivity contribution in [2.45, 2.75) is 32.8 Å². The molecule has 1 unspecified atom stereocenters. The van der Waals surface area contributed by atoms with Gasteiger partial charge in [0.25, 0.3) is 5.91 Å². The van der Waals surface area contributed by atoms with Gasteiger partial charge < -0.3 is 24.8 Å². The maximum absolute atomic E-state index is 13.2. The normalized spacial score (nSPS) is 14.3. The lowest BCUT2D eigenvalue weighted by molar-refractivity contribution is 0.0337. The van der Waals surface area contributed by atoms with Gasteiger partial charge in [0.05, 0.1) is 0 Å². The van der Waals surface area contributed by atoms with Gasteiger partial charge in [0, 0.05) is 23.9 Å². The topological polar surface area (TPSA) is 85.9 Å². The van der Waals surface area contributed by atoms with Crippen LogP contribution in [0.3, 0.4) is 0 Å². The van der Waals surface area contributed by atoms with E-state index in [9.17, 15) is 9.59 Å². The third kappa shape index (κ3) is 5.93. The number of ether oxygens (including phenoxy) is 3. The van der Waals surface area contributed by atoms with Crippen molar-refractivity contribution in [3.63, 3.8) is 0 Å². The second-order valence-electron chi connectivity index (χ2n) is 8.62. The molecule has 1 aliphatic rings. The van der Waals surface area contributed by atoms with Gasteiger partial charge in [0.15, 0.2) is 17.6 Å². The summed E-state index contributed by atoms with van der Waals surface area (Å²) in [4.78, 5) is 24.7. The molecule has 0 bridgehead atoms. The highest BCUT2D eigenvalue weighted by atomic mass is 16.6. The SMILES string of the molecule is CCNC(=O)OCC1COc2ccc(NC(=O)c3ccccc3-c3ccc(C(C)C)cc3)cc2O1. The summed E-state index contributed by atoms with van der Waals surface area (Å²) in [6.45, 7) is 6.93. The number of alkyl carbamates (subject to hydrolysis) is 1. The summed E-state index contributed by atoms with van der Waals surface area (Å²) in [5, 5.41) is 5.53. The van der Waals surface area contributed by atoms with E-state index in [-0.39, 0.29) is 19.1 Å². The number of fused-ring (bicyclic) bond motifs is 1. The van der Waals surface area contributed by atoms with Gasteiger partial charge in [-0.3, -0.25) is 4.79 Å². The number of anilines is 1. The number of nitrogens with one attached hydrogen (secondary N) is 2. The fourth-order valence-electron chi connectivity index (χ4n) is 3.82. The summed E-state index contributed by atoms with van der Waals surface area (Å²) in [6.07, 6.45) is -0.939. The molecule has 0 radical (unpaired) electrons. The van der Waals surface area contributed by atoms with Crippen LogP contribution in [0.1, 0.15) is 42.6 Å². The summed E-state index contributed by atoms with van der Waals surface area (Å²) in [5.41, 5.74) is 4.25. The Morgan fingerprint density at radius 1 is 1.03 bits per heavy atom. The van der Waals surface area contributed by atoms with Gasteiger partial charge in [0.2, 0.25) is 0 Å². The van der Waals surface area contributed by atoms with Gasteiger partial charge in [-0.15, -0.1) is 0 Å². The molecular weight excluding hydrogens is 444 g/mol. The highest BCUT2D eigenvalue weighted by molar-refractivity contribution is 6.08. The van der Waals surface area contributed by atoms with Crippen molar-refractivity contribution in [2.75, 3.05) is 25.1 Å². The fourth-order valence-corrected chi connectivity index (χ4v) is 3.82. The van der Waals surface area contributed by atoms with Crippen LogP contribution in [0.2, 0.25) is 0 Å². The summed E-state index contributed by atoms with van der Waals surface area (Å²) in [6, 6.07) is 21.1. The monoisotopic (exact) mass is 474 g/mol. The molecule has 2 N–H and O–H groups in total. The van der Waals surface area contributed by atoms with Crippen LogP contribution in [0, 0.1) is 0 Å². The van der Waals surface area contributed by atoms with Crippen LogP contribution in [-0.4, -0.2) is 37.9 Å². The number of rotatable bonds is 7. The summed E-state index contributed by atoms with van der Waals surface area (Å²) in [5.74, 6) is 1.28. The number of carbonyl (C=O) groups is 2. The summed E-state index contributed by atoms with van der Waals surface area (Å²) in [7, 11) is 0. The molecule has 7 nitrogen and oxygen atoms in total. The molecule has 0 saturated heterocycles. The Bertz CT molecular complexity index is 1190. The van der Waals surface area contributed by atoms with E-state index in [0.29, 0.717) is 35.2 Å². The Kier molecular flexibility index (Phi) is 7.55. The van der Waals surface area contributed by atoms with Crippen molar-refractivity contribution in [3.8, 4) is 22.6 Å². The highest BCUT2D eigenvalue weighted by Crippen LogP contribution is 2.35. The zero-order chi connectivity index (χ0) is 24.8. The molecule has 0 saturated carbocycles. The fraction of sp³-hybridized carbons (Fsp3) is 0.286. The minimum absolute atomic E-state index is 0.0604. The molecule has 35 heavy (non-hydrogen) atoms. The Balaban J connectivity index is 1.47. The maximum atomic E-state index is 13.2. The molecule has 2 amide bonds. The Hall–Kier alpha value is -4.00. The minimum Gasteiger partial charge on any atom is -0.486 e. The lowest BCUT2D eigenvalue weighted by Crippen LogP contribution is -2.36. The number of hydrogen-bond donors (Lipinski definition) is 2. The molecule has 3 aromatic rings. The molecule has 1 atom stereocenters. The molecule has 3 aromatic carbocycles. The van der Waals surface area contributed by atoms with E-state index in [1.165, 1.54) is 5.56 Å². The van der Waals surface area contributed by atoms with E-state index < -0.39 is 12.2 Å². The van der Waals surface area contributed by atoms with Crippen molar-refractivity contribution in [2.24, 2.45) is 0 Å². The van der Waals surface area contributed by atoms with Gasteiger partial charge >= 0.3 is 6.09 Å². The van der Waals surface area contributed by atoms with E-state index in [4.69, 9.17) is 14.2 Å². The van der Waals surface area contributed by atoms with Crippen LogP contribution >= 0.6 is 0 Å². The van der Waals surface area contributed by atoms with E-state index in [0.717, 1.165) is 11.1 Å².